The summed E-state index contributed by atoms with van der Waals surface area (Å²) in [5.41, 5.74) is 1.49. The van der Waals surface area contributed by atoms with Gasteiger partial charge in [0.25, 0.3) is 0 Å². The normalized spacial score (nSPS) is 11.9. The molecule has 0 radical (unpaired) electrons. The Morgan fingerprint density at radius 2 is 1.78 bits per heavy atom. The predicted molar refractivity (Wildman–Crippen MR) is 147 cm³/mol. The first-order valence-corrected chi connectivity index (χ1v) is 13.7. The number of alkyl halides is 3. The number of aryl methyl sites for hydroxylation is 2. The van der Waals surface area contributed by atoms with Crippen molar-refractivity contribution < 1.29 is 27.5 Å². The van der Waals surface area contributed by atoms with E-state index in [9.17, 15) is 27.5 Å². The van der Waals surface area contributed by atoms with Gasteiger partial charge in [-0.2, -0.15) is 13.2 Å². The molecule has 5 aromatic rings. The molecule has 14 heteroatoms. The Labute approximate surface area is 232 Å². The molecule has 0 spiro atoms. The number of imidazole rings is 1. The van der Waals surface area contributed by atoms with E-state index in [1.54, 1.807) is 50.6 Å². The monoisotopic (exact) mass is 581 g/mol. The van der Waals surface area contributed by atoms with Crippen LogP contribution < -0.4 is 9.99 Å². The molecule has 5 rings (SSSR count). The van der Waals surface area contributed by atoms with Crippen molar-refractivity contribution in [1.29, 1.82) is 0 Å². The topological polar surface area (TPSA) is 129 Å². The van der Waals surface area contributed by atoms with Crippen LogP contribution in [0.1, 0.15) is 16.8 Å². The molecule has 2 aromatic carbocycles. The van der Waals surface area contributed by atoms with Crippen molar-refractivity contribution in [3.05, 3.63) is 103 Å². The number of nitrogens with one attached hydrogen (secondary N) is 1. The molecule has 0 aliphatic heterocycles. The van der Waals surface area contributed by atoms with Gasteiger partial charge >= 0.3 is 13.9 Å². The maximum absolute atomic E-state index is 13.9. The van der Waals surface area contributed by atoms with Crippen LogP contribution in [0.2, 0.25) is 0 Å². The third-order valence-corrected chi connectivity index (χ3v) is 7.05. The van der Waals surface area contributed by atoms with Crippen molar-refractivity contribution in [3.8, 4) is 16.9 Å². The molecule has 0 atom stereocenters. The summed E-state index contributed by atoms with van der Waals surface area (Å²) in [5.74, 6) is 0.200. The number of halogens is 3. The van der Waals surface area contributed by atoms with Gasteiger partial charge in [0.2, 0.25) is 5.95 Å². The largest absolute Gasteiger partial charge is 0.434 e. The van der Waals surface area contributed by atoms with Crippen molar-refractivity contribution in [2.45, 2.75) is 20.0 Å². The SMILES string of the molecule is Cc1cn(-c2cc(N(c3ccc(C)c(Nc4nccc(-c5cccnc5)n4)c3)P(=O)(O)O)cc(C(F)(F)F)c2)cn1. The standard InChI is InChI=1S/C27H23F3N7O3P/c1-17-5-6-21(13-25(17)35-26-32-9-7-24(34-26)19-4-3-8-31-14-19)37(41(38,39)40)23-11-20(27(28,29)30)10-22(12-23)36-15-18(2)33-16-36/h3-16H,1-2H3,(H,32,34,35)(H2,38,39,40). The van der Waals surface area contributed by atoms with E-state index >= 15 is 0 Å². The van der Waals surface area contributed by atoms with E-state index in [1.165, 1.54) is 35.3 Å². The lowest BCUT2D eigenvalue weighted by atomic mass is 10.1. The number of hydrogen-bond acceptors (Lipinski definition) is 6. The van der Waals surface area contributed by atoms with E-state index in [0.717, 1.165) is 11.6 Å². The van der Waals surface area contributed by atoms with Crippen LogP contribution in [-0.2, 0) is 10.7 Å². The van der Waals surface area contributed by atoms with Gasteiger partial charge in [0.15, 0.2) is 0 Å². The van der Waals surface area contributed by atoms with Gasteiger partial charge < -0.3 is 19.7 Å². The van der Waals surface area contributed by atoms with E-state index in [-0.39, 0.29) is 23.0 Å². The highest BCUT2D eigenvalue weighted by atomic mass is 31.2. The molecule has 210 valence electrons. The highest BCUT2D eigenvalue weighted by molar-refractivity contribution is 7.54. The fourth-order valence-corrected chi connectivity index (χ4v) is 4.97. The fraction of sp³-hybridized carbons (Fsp3) is 0.111. The van der Waals surface area contributed by atoms with Crippen molar-refractivity contribution >= 4 is 30.8 Å². The number of aromatic nitrogens is 5. The van der Waals surface area contributed by atoms with Crippen LogP contribution in [0.3, 0.4) is 0 Å². The highest BCUT2D eigenvalue weighted by Crippen LogP contribution is 2.51. The van der Waals surface area contributed by atoms with Crippen LogP contribution in [-0.4, -0.2) is 34.3 Å². The van der Waals surface area contributed by atoms with Gasteiger partial charge in [-0.3, -0.25) is 4.98 Å². The van der Waals surface area contributed by atoms with E-state index < -0.39 is 19.5 Å². The zero-order valence-corrected chi connectivity index (χ0v) is 22.5. The average molecular weight is 581 g/mol. The van der Waals surface area contributed by atoms with Crippen LogP contribution in [0.4, 0.5) is 36.2 Å². The summed E-state index contributed by atoms with van der Waals surface area (Å²) in [6.45, 7) is 3.42. The number of benzene rings is 2. The van der Waals surface area contributed by atoms with Gasteiger partial charge in [-0.1, -0.05) is 6.07 Å². The molecule has 0 amide bonds. The highest BCUT2D eigenvalue weighted by Gasteiger charge is 2.35. The molecule has 3 aromatic heterocycles. The lowest BCUT2D eigenvalue weighted by Crippen LogP contribution is -2.16. The molecular formula is C27H23F3N7O3P. The quantitative estimate of drug-likeness (QED) is 0.189. The first-order valence-electron chi connectivity index (χ1n) is 12.1. The zero-order valence-electron chi connectivity index (χ0n) is 21.6. The van der Waals surface area contributed by atoms with Crippen LogP contribution in [0, 0.1) is 13.8 Å². The summed E-state index contributed by atoms with van der Waals surface area (Å²) in [7, 11) is -5.19. The number of hydrogen-bond donors (Lipinski definition) is 3. The first kappa shape index (κ1) is 28.0. The second kappa shape index (κ2) is 10.8. The lowest BCUT2D eigenvalue weighted by Gasteiger charge is -2.27. The maximum Gasteiger partial charge on any atom is 0.434 e. The zero-order chi connectivity index (χ0) is 29.4. The Kier molecular flexibility index (Phi) is 7.35. The van der Waals surface area contributed by atoms with Gasteiger partial charge in [-0.15, -0.1) is 0 Å². The minimum Gasteiger partial charge on any atom is -0.324 e. The summed E-state index contributed by atoms with van der Waals surface area (Å²) in [6, 6.07) is 12.5. The summed E-state index contributed by atoms with van der Waals surface area (Å²) < 4.78 is 56.3. The molecule has 0 aliphatic carbocycles. The first-order chi connectivity index (χ1) is 19.4. The van der Waals surface area contributed by atoms with Crippen LogP contribution in [0.25, 0.3) is 16.9 Å². The van der Waals surface area contributed by atoms with Crippen molar-refractivity contribution in [2.24, 2.45) is 0 Å². The van der Waals surface area contributed by atoms with E-state index in [4.69, 9.17) is 0 Å². The fourth-order valence-electron chi connectivity index (χ4n) is 4.13. The number of anilines is 4. The van der Waals surface area contributed by atoms with Crippen molar-refractivity contribution in [3.63, 3.8) is 0 Å². The minimum atomic E-state index is -5.19. The molecule has 0 aliphatic rings. The summed E-state index contributed by atoms with van der Waals surface area (Å²) in [4.78, 5) is 37.5. The van der Waals surface area contributed by atoms with Crippen molar-refractivity contribution in [1.82, 2.24) is 24.5 Å². The van der Waals surface area contributed by atoms with E-state index in [0.29, 0.717) is 33.4 Å². The Balaban J connectivity index is 1.58. The van der Waals surface area contributed by atoms with E-state index in [2.05, 4.69) is 25.3 Å². The van der Waals surface area contributed by atoms with Gasteiger partial charge in [-0.25, -0.2) is 24.2 Å². The Morgan fingerprint density at radius 1 is 0.976 bits per heavy atom. The molecule has 0 saturated carbocycles. The summed E-state index contributed by atoms with van der Waals surface area (Å²) >= 11 is 0. The Bertz CT molecular complexity index is 1760. The number of rotatable bonds is 7. The van der Waals surface area contributed by atoms with Crippen LogP contribution in [0.5, 0.6) is 0 Å². The molecule has 3 heterocycles. The smallest absolute Gasteiger partial charge is 0.324 e. The molecule has 10 nitrogen and oxygen atoms in total. The number of pyridine rings is 1. The molecule has 0 saturated heterocycles. The maximum atomic E-state index is 13.9. The number of nitrogens with zero attached hydrogens (tertiary/aromatic N) is 6. The van der Waals surface area contributed by atoms with Crippen LogP contribution in [0.15, 0.2) is 85.7 Å². The van der Waals surface area contributed by atoms with Crippen molar-refractivity contribution in [2.75, 3.05) is 9.99 Å². The minimum absolute atomic E-state index is 0.0277. The van der Waals surface area contributed by atoms with E-state index in [1.807, 2.05) is 6.07 Å². The molecule has 3 N–H and O–H groups in total. The third kappa shape index (κ3) is 6.27. The van der Waals surface area contributed by atoms with Gasteiger partial charge in [0, 0.05) is 41.7 Å². The second-order valence-corrected chi connectivity index (χ2v) is 10.5. The Morgan fingerprint density at radius 3 is 2.44 bits per heavy atom. The van der Waals surface area contributed by atoms with Gasteiger partial charge in [0.05, 0.1) is 34.7 Å². The molecule has 41 heavy (non-hydrogen) atoms. The molecule has 0 unspecified atom stereocenters. The molecule has 0 bridgehead atoms. The van der Waals surface area contributed by atoms with Gasteiger partial charge in [0.1, 0.15) is 0 Å². The third-order valence-electron chi connectivity index (χ3n) is 6.07. The summed E-state index contributed by atoms with van der Waals surface area (Å²) in [5, 5.41) is 3.04. The molecule has 0 fully saturated rings. The lowest BCUT2D eigenvalue weighted by molar-refractivity contribution is -0.137. The van der Waals surface area contributed by atoms with Gasteiger partial charge in [-0.05, 0) is 67.9 Å². The predicted octanol–water partition coefficient (Wildman–Crippen LogP) is 6.33. The summed E-state index contributed by atoms with van der Waals surface area (Å²) in [6.07, 6.45) is 2.87. The average Bonchev–Trinajstić information content (AvgIpc) is 3.36. The molecular weight excluding hydrogens is 558 g/mol. The van der Waals surface area contributed by atoms with Crippen LogP contribution >= 0.6 is 7.75 Å². The second-order valence-electron chi connectivity index (χ2n) is 9.11. The Hall–Kier alpha value is -4.58.